The standard InChI is InChI=1S/C27H24ClN3O5/c1-17(32)29-20-10-12-21(13-11-20)31-25(33)15-24(27(31)35)30(16-19-6-3-4-9-23(19)28)26(34)18-7-5-8-22(14-18)36-2/h3-14,24H,15-16H2,1-2H3,(H,29,32). The van der Waals surface area contributed by atoms with Gasteiger partial charge in [0.1, 0.15) is 11.8 Å². The molecule has 0 radical (unpaired) electrons. The second kappa shape index (κ2) is 10.6. The number of rotatable bonds is 7. The average Bonchev–Trinajstić information content (AvgIpc) is 3.16. The number of nitrogens with zero attached hydrogens (tertiary/aromatic N) is 2. The van der Waals surface area contributed by atoms with Gasteiger partial charge in [-0.3, -0.25) is 19.2 Å². The molecule has 1 saturated heterocycles. The van der Waals surface area contributed by atoms with Gasteiger partial charge in [-0.05, 0) is 54.1 Å². The van der Waals surface area contributed by atoms with Crippen LogP contribution in [0.1, 0.15) is 29.3 Å². The van der Waals surface area contributed by atoms with Gasteiger partial charge in [0.15, 0.2) is 0 Å². The van der Waals surface area contributed by atoms with E-state index in [0.717, 1.165) is 4.90 Å². The van der Waals surface area contributed by atoms with Crippen LogP contribution in [0, 0.1) is 0 Å². The van der Waals surface area contributed by atoms with Crippen LogP contribution in [0.4, 0.5) is 11.4 Å². The predicted molar refractivity (Wildman–Crippen MR) is 136 cm³/mol. The quantitative estimate of drug-likeness (QED) is 0.483. The number of carbonyl (C=O) groups is 4. The first-order chi connectivity index (χ1) is 17.3. The van der Waals surface area contributed by atoms with Crippen LogP contribution in [-0.4, -0.2) is 41.7 Å². The van der Waals surface area contributed by atoms with Crippen LogP contribution in [0.15, 0.2) is 72.8 Å². The van der Waals surface area contributed by atoms with Gasteiger partial charge in [-0.2, -0.15) is 0 Å². The van der Waals surface area contributed by atoms with E-state index in [0.29, 0.717) is 33.3 Å². The lowest BCUT2D eigenvalue weighted by Gasteiger charge is -2.28. The van der Waals surface area contributed by atoms with Gasteiger partial charge in [-0.15, -0.1) is 0 Å². The molecule has 0 spiro atoms. The van der Waals surface area contributed by atoms with Crippen molar-refractivity contribution < 1.29 is 23.9 Å². The molecule has 0 bridgehead atoms. The first-order valence-electron chi connectivity index (χ1n) is 11.2. The molecule has 1 unspecified atom stereocenters. The highest BCUT2D eigenvalue weighted by atomic mass is 35.5. The zero-order chi connectivity index (χ0) is 25.8. The molecule has 1 atom stereocenters. The van der Waals surface area contributed by atoms with E-state index in [1.807, 2.05) is 0 Å². The molecule has 1 aliphatic rings. The third-order valence-corrected chi connectivity index (χ3v) is 6.19. The molecule has 1 aliphatic heterocycles. The van der Waals surface area contributed by atoms with E-state index in [1.165, 1.54) is 18.9 Å². The highest BCUT2D eigenvalue weighted by molar-refractivity contribution is 6.31. The van der Waals surface area contributed by atoms with Crippen LogP contribution < -0.4 is 15.0 Å². The summed E-state index contributed by atoms with van der Waals surface area (Å²) in [7, 11) is 1.50. The van der Waals surface area contributed by atoms with Crippen molar-refractivity contribution in [2.24, 2.45) is 0 Å². The minimum atomic E-state index is -1.03. The molecule has 36 heavy (non-hydrogen) atoms. The van der Waals surface area contributed by atoms with Gasteiger partial charge in [-0.25, -0.2) is 4.90 Å². The van der Waals surface area contributed by atoms with Gasteiger partial charge in [0.25, 0.3) is 11.8 Å². The fraction of sp³-hybridized carbons (Fsp3) is 0.185. The molecule has 8 nitrogen and oxygen atoms in total. The summed E-state index contributed by atoms with van der Waals surface area (Å²) in [5, 5.41) is 3.09. The summed E-state index contributed by atoms with van der Waals surface area (Å²) in [6.45, 7) is 1.42. The number of methoxy groups -OCH3 is 1. The molecule has 0 aromatic heterocycles. The zero-order valence-electron chi connectivity index (χ0n) is 19.7. The molecule has 3 aromatic carbocycles. The van der Waals surface area contributed by atoms with Crippen molar-refractivity contribution >= 4 is 46.6 Å². The maximum absolute atomic E-state index is 13.7. The van der Waals surface area contributed by atoms with Crippen LogP contribution in [0.2, 0.25) is 5.02 Å². The van der Waals surface area contributed by atoms with Crippen LogP contribution >= 0.6 is 11.6 Å². The number of benzene rings is 3. The van der Waals surface area contributed by atoms with Gasteiger partial charge in [0.2, 0.25) is 11.8 Å². The lowest BCUT2D eigenvalue weighted by Crippen LogP contribution is -2.45. The van der Waals surface area contributed by atoms with E-state index in [-0.39, 0.29) is 18.9 Å². The van der Waals surface area contributed by atoms with E-state index in [1.54, 1.807) is 72.8 Å². The predicted octanol–water partition coefficient (Wildman–Crippen LogP) is 4.28. The third-order valence-electron chi connectivity index (χ3n) is 5.82. The summed E-state index contributed by atoms with van der Waals surface area (Å²) < 4.78 is 5.25. The van der Waals surface area contributed by atoms with Crippen molar-refractivity contribution in [2.75, 3.05) is 17.3 Å². The van der Waals surface area contributed by atoms with E-state index in [9.17, 15) is 19.2 Å². The Morgan fingerprint density at radius 2 is 1.78 bits per heavy atom. The summed E-state index contributed by atoms with van der Waals surface area (Å²) in [6.07, 6.45) is -0.174. The summed E-state index contributed by atoms with van der Waals surface area (Å²) in [6, 6.07) is 19.0. The number of halogens is 1. The third kappa shape index (κ3) is 5.23. The Morgan fingerprint density at radius 3 is 2.44 bits per heavy atom. The first-order valence-corrected chi connectivity index (χ1v) is 11.6. The molecule has 3 aromatic rings. The van der Waals surface area contributed by atoms with Crippen LogP contribution in [-0.2, 0) is 20.9 Å². The van der Waals surface area contributed by atoms with Gasteiger partial charge < -0.3 is 15.0 Å². The number of nitrogens with one attached hydrogen (secondary N) is 1. The molecule has 184 valence electrons. The molecule has 9 heteroatoms. The summed E-state index contributed by atoms with van der Waals surface area (Å²) in [4.78, 5) is 53.9. The summed E-state index contributed by atoms with van der Waals surface area (Å²) in [5.41, 5.74) is 1.86. The van der Waals surface area contributed by atoms with E-state index in [4.69, 9.17) is 16.3 Å². The van der Waals surface area contributed by atoms with Crippen molar-refractivity contribution in [1.29, 1.82) is 0 Å². The average molecular weight is 506 g/mol. The van der Waals surface area contributed by atoms with Crippen molar-refractivity contribution in [3.63, 3.8) is 0 Å². The fourth-order valence-electron chi connectivity index (χ4n) is 4.08. The lowest BCUT2D eigenvalue weighted by atomic mass is 10.1. The largest absolute Gasteiger partial charge is 0.497 e. The Bertz CT molecular complexity index is 1320. The van der Waals surface area contributed by atoms with E-state index in [2.05, 4.69) is 5.32 Å². The minimum absolute atomic E-state index is 0.0364. The second-order valence-electron chi connectivity index (χ2n) is 8.27. The fourth-order valence-corrected chi connectivity index (χ4v) is 4.28. The molecule has 1 heterocycles. The van der Waals surface area contributed by atoms with Crippen LogP contribution in [0.25, 0.3) is 0 Å². The molecule has 1 N–H and O–H groups in total. The normalized spacial score (nSPS) is 15.1. The zero-order valence-corrected chi connectivity index (χ0v) is 20.5. The van der Waals surface area contributed by atoms with Gasteiger partial charge in [-0.1, -0.05) is 35.9 Å². The van der Waals surface area contributed by atoms with Crippen molar-refractivity contribution in [3.8, 4) is 5.75 Å². The Kier molecular flexibility index (Phi) is 7.36. The molecular weight excluding hydrogens is 482 g/mol. The Balaban J connectivity index is 1.67. The molecule has 4 rings (SSSR count). The topological polar surface area (TPSA) is 96.0 Å². The Morgan fingerprint density at radius 1 is 1.06 bits per heavy atom. The van der Waals surface area contributed by atoms with Crippen LogP contribution in [0.5, 0.6) is 5.75 Å². The summed E-state index contributed by atoms with van der Waals surface area (Å²) >= 11 is 6.36. The highest BCUT2D eigenvalue weighted by Crippen LogP contribution is 2.30. The number of imide groups is 1. The molecule has 4 amide bonds. The number of carbonyl (C=O) groups excluding carboxylic acids is 4. The summed E-state index contributed by atoms with van der Waals surface area (Å²) in [5.74, 6) is -1.12. The highest BCUT2D eigenvalue weighted by Gasteiger charge is 2.44. The van der Waals surface area contributed by atoms with E-state index < -0.39 is 23.8 Å². The minimum Gasteiger partial charge on any atom is -0.497 e. The number of hydrogen-bond acceptors (Lipinski definition) is 5. The van der Waals surface area contributed by atoms with Gasteiger partial charge in [0, 0.05) is 29.7 Å². The van der Waals surface area contributed by atoms with E-state index >= 15 is 0 Å². The lowest BCUT2D eigenvalue weighted by molar-refractivity contribution is -0.122. The number of ether oxygens (including phenoxy) is 1. The first kappa shape index (κ1) is 24.9. The van der Waals surface area contributed by atoms with Crippen molar-refractivity contribution in [3.05, 3.63) is 88.9 Å². The maximum Gasteiger partial charge on any atom is 0.257 e. The van der Waals surface area contributed by atoms with Crippen LogP contribution in [0.3, 0.4) is 0 Å². The smallest absolute Gasteiger partial charge is 0.257 e. The Hall–Kier alpha value is -4.17. The van der Waals surface area contributed by atoms with Crippen molar-refractivity contribution in [1.82, 2.24) is 4.90 Å². The number of hydrogen-bond donors (Lipinski definition) is 1. The molecule has 0 saturated carbocycles. The molecular formula is C27H24ClN3O5. The van der Waals surface area contributed by atoms with Gasteiger partial charge in [0.05, 0.1) is 19.2 Å². The maximum atomic E-state index is 13.7. The Labute approximate surface area is 213 Å². The van der Waals surface area contributed by atoms with Crippen molar-refractivity contribution in [2.45, 2.75) is 25.9 Å². The monoisotopic (exact) mass is 505 g/mol. The SMILES string of the molecule is COc1cccc(C(=O)N(Cc2ccccc2Cl)C2CC(=O)N(c3ccc(NC(C)=O)cc3)C2=O)c1. The number of amides is 4. The molecule has 0 aliphatic carbocycles. The second-order valence-corrected chi connectivity index (χ2v) is 8.68. The van der Waals surface area contributed by atoms with Gasteiger partial charge >= 0.3 is 0 Å². The number of anilines is 2. The molecule has 1 fully saturated rings.